The molecule has 0 spiro atoms. The number of benzene rings is 1. The van der Waals surface area contributed by atoms with Crippen molar-refractivity contribution in [2.24, 2.45) is 0 Å². The maximum atomic E-state index is 7.57. The molecule has 0 radical (unpaired) electrons. The highest BCUT2D eigenvalue weighted by Gasteiger charge is 1.57. The minimum atomic E-state index is 0.250. The van der Waals surface area contributed by atoms with Crippen LogP contribution in [-0.2, 0) is 4.74 Å². The number of hydrogen-bond acceptors (Lipinski definition) is 2. The molecule has 1 aromatic rings. The number of aliphatic hydroxyl groups is 1. The molecule has 1 N–H and O–H groups in total. The van der Waals surface area contributed by atoms with Crippen LogP contribution >= 0.6 is 0 Å². The first-order chi connectivity index (χ1) is 9.33. The zero-order valence-corrected chi connectivity index (χ0v) is 14.7. The van der Waals surface area contributed by atoms with Crippen molar-refractivity contribution in [2.45, 2.75) is 55.4 Å². The molecular weight excluding hydrogens is 236 g/mol. The Labute approximate surface area is 122 Å². The fourth-order valence-electron chi connectivity index (χ4n) is 0.385. The Balaban J connectivity index is -0.0000000449. The normalized spacial score (nSPS) is 6.00. The lowest BCUT2D eigenvalue weighted by Crippen LogP contribution is -1.73. The molecule has 118 valence electrons. The SMILES string of the molecule is CC.CC.CC.CCO.CCOC.c1ccccc1. The van der Waals surface area contributed by atoms with Gasteiger partial charge in [-0.2, -0.15) is 0 Å². The van der Waals surface area contributed by atoms with Crippen LogP contribution in [0.15, 0.2) is 36.4 Å². The standard InChI is InChI=1S/C6H6.C3H8O.C2H6O.3C2H6/c1-2-4-6-5-3-1;1-3-4-2;1-2-3;3*1-2/h1-6H;3H2,1-2H3;3H,2H2,1H3;3*1-2H3. The second kappa shape index (κ2) is 67.4. The maximum Gasteiger partial charge on any atom is 0.0433 e. The Kier molecular flexibility index (Phi) is 109. The van der Waals surface area contributed by atoms with Crippen LogP contribution in [0.3, 0.4) is 0 Å². The van der Waals surface area contributed by atoms with Gasteiger partial charge in [-0.3, -0.25) is 0 Å². The Bertz CT molecular complexity index is 112. The molecule has 0 aliphatic heterocycles. The summed E-state index contributed by atoms with van der Waals surface area (Å²) in [5, 5.41) is 7.57. The predicted octanol–water partition coefficient (Wildman–Crippen LogP) is 5.42. The van der Waals surface area contributed by atoms with Crippen LogP contribution in [0.4, 0.5) is 0 Å². The maximum absolute atomic E-state index is 7.57. The first-order valence-corrected chi connectivity index (χ1v) is 7.43. The van der Waals surface area contributed by atoms with Crippen molar-refractivity contribution >= 4 is 0 Å². The van der Waals surface area contributed by atoms with Gasteiger partial charge in [0.2, 0.25) is 0 Å². The lowest BCUT2D eigenvalue weighted by molar-refractivity contribution is 0.215. The van der Waals surface area contributed by atoms with Crippen LogP contribution in [-0.4, -0.2) is 25.4 Å². The second-order valence-electron chi connectivity index (χ2n) is 2.05. The lowest BCUT2D eigenvalue weighted by Gasteiger charge is -1.76. The van der Waals surface area contributed by atoms with E-state index < -0.39 is 0 Å². The molecule has 0 amide bonds. The van der Waals surface area contributed by atoms with Gasteiger partial charge < -0.3 is 9.84 Å². The van der Waals surface area contributed by atoms with E-state index in [2.05, 4.69) is 4.74 Å². The molecule has 0 aliphatic rings. The van der Waals surface area contributed by atoms with Gasteiger partial charge in [0.05, 0.1) is 0 Å². The van der Waals surface area contributed by atoms with Crippen LogP contribution in [0, 0.1) is 0 Å². The lowest BCUT2D eigenvalue weighted by atomic mass is 10.4. The minimum Gasteiger partial charge on any atom is -0.397 e. The molecule has 1 rings (SSSR count). The molecule has 2 nitrogen and oxygen atoms in total. The molecule has 0 aromatic heterocycles. The van der Waals surface area contributed by atoms with E-state index in [1.807, 2.05) is 84.9 Å². The van der Waals surface area contributed by atoms with Crippen LogP contribution < -0.4 is 0 Å². The smallest absolute Gasteiger partial charge is 0.0433 e. The predicted molar refractivity (Wildman–Crippen MR) is 90.8 cm³/mol. The van der Waals surface area contributed by atoms with Gasteiger partial charge in [0.1, 0.15) is 0 Å². The first kappa shape index (κ1) is 30.9. The summed E-state index contributed by atoms with van der Waals surface area (Å²) in [5.41, 5.74) is 0. The van der Waals surface area contributed by atoms with Gasteiger partial charge in [0.15, 0.2) is 0 Å². The van der Waals surface area contributed by atoms with Gasteiger partial charge in [-0.15, -0.1) is 0 Å². The van der Waals surface area contributed by atoms with Crippen molar-refractivity contribution in [3.05, 3.63) is 36.4 Å². The van der Waals surface area contributed by atoms with Gasteiger partial charge in [-0.25, -0.2) is 0 Å². The number of rotatable bonds is 1. The number of aliphatic hydroxyl groups excluding tert-OH is 1. The third kappa shape index (κ3) is 104. The average molecular weight is 274 g/mol. The zero-order valence-electron chi connectivity index (χ0n) is 14.7. The highest BCUT2D eigenvalue weighted by molar-refractivity contribution is 4.99. The summed E-state index contributed by atoms with van der Waals surface area (Å²) in [7, 11) is 1.68. The third-order valence-electron chi connectivity index (χ3n) is 0.955. The topological polar surface area (TPSA) is 29.5 Å². The minimum absolute atomic E-state index is 0.250. The van der Waals surface area contributed by atoms with Crippen molar-refractivity contribution in [1.82, 2.24) is 0 Å². The van der Waals surface area contributed by atoms with E-state index in [0.717, 1.165) is 6.61 Å². The number of ether oxygens (including phenoxy) is 1. The highest BCUT2D eigenvalue weighted by atomic mass is 16.5. The van der Waals surface area contributed by atoms with Crippen LogP contribution in [0.25, 0.3) is 0 Å². The summed E-state index contributed by atoms with van der Waals surface area (Å²) in [6, 6.07) is 12.0. The molecule has 0 heterocycles. The largest absolute Gasteiger partial charge is 0.397 e. The highest BCUT2D eigenvalue weighted by Crippen LogP contribution is 1.79. The van der Waals surface area contributed by atoms with Gasteiger partial charge in [-0.1, -0.05) is 77.9 Å². The van der Waals surface area contributed by atoms with E-state index >= 15 is 0 Å². The van der Waals surface area contributed by atoms with Crippen molar-refractivity contribution in [3.8, 4) is 0 Å². The van der Waals surface area contributed by atoms with E-state index in [1.54, 1.807) is 14.0 Å². The summed E-state index contributed by atoms with van der Waals surface area (Å²) >= 11 is 0. The Hall–Kier alpha value is -0.860. The molecule has 0 unspecified atom stereocenters. The number of methoxy groups -OCH3 is 1. The van der Waals surface area contributed by atoms with Gasteiger partial charge in [0.25, 0.3) is 0 Å². The quantitative estimate of drug-likeness (QED) is 0.741. The van der Waals surface area contributed by atoms with Crippen molar-refractivity contribution in [3.63, 3.8) is 0 Å². The van der Waals surface area contributed by atoms with Gasteiger partial charge >= 0.3 is 0 Å². The average Bonchev–Trinajstić information content (AvgIpc) is 2.56. The molecule has 19 heavy (non-hydrogen) atoms. The summed E-state index contributed by atoms with van der Waals surface area (Å²) in [5.74, 6) is 0. The Morgan fingerprint density at radius 1 is 0.684 bits per heavy atom. The van der Waals surface area contributed by atoms with Crippen molar-refractivity contribution in [2.75, 3.05) is 20.3 Å². The molecule has 0 fully saturated rings. The molecule has 0 aliphatic carbocycles. The van der Waals surface area contributed by atoms with E-state index in [4.69, 9.17) is 5.11 Å². The molecule has 2 heteroatoms. The van der Waals surface area contributed by atoms with Crippen molar-refractivity contribution < 1.29 is 9.84 Å². The van der Waals surface area contributed by atoms with Crippen LogP contribution in [0.1, 0.15) is 55.4 Å². The summed E-state index contributed by atoms with van der Waals surface area (Å²) in [6.07, 6.45) is 0. The fourth-order valence-corrected chi connectivity index (χ4v) is 0.385. The summed E-state index contributed by atoms with van der Waals surface area (Å²) in [6.45, 7) is 16.7. The first-order valence-electron chi connectivity index (χ1n) is 7.43. The Morgan fingerprint density at radius 2 is 0.789 bits per heavy atom. The van der Waals surface area contributed by atoms with Crippen molar-refractivity contribution in [1.29, 1.82) is 0 Å². The van der Waals surface area contributed by atoms with Crippen LogP contribution in [0.5, 0.6) is 0 Å². The van der Waals surface area contributed by atoms with Crippen LogP contribution in [0.2, 0.25) is 0 Å². The molecule has 0 atom stereocenters. The zero-order chi connectivity index (χ0) is 16.4. The fraction of sp³-hybridized carbons (Fsp3) is 0.647. The molecular formula is C17H38O2. The van der Waals surface area contributed by atoms with E-state index in [9.17, 15) is 0 Å². The molecule has 0 bridgehead atoms. The molecule has 0 saturated heterocycles. The van der Waals surface area contributed by atoms with E-state index in [0.29, 0.717) is 0 Å². The van der Waals surface area contributed by atoms with Gasteiger partial charge in [-0.05, 0) is 13.8 Å². The molecule has 1 aromatic carbocycles. The monoisotopic (exact) mass is 274 g/mol. The van der Waals surface area contributed by atoms with Gasteiger partial charge in [0, 0.05) is 20.3 Å². The Morgan fingerprint density at radius 3 is 0.842 bits per heavy atom. The summed E-state index contributed by atoms with van der Waals surface area (Å²) in [4.78, 5) is 0. The van der Waals surface area contributed by atoms with E-state index in [-0.39, 0.29) is 6.61 Å². The molecule has 0 saturated carbocycles. The number of hydrogen-bond donors (Lipinski definition) is 1. The second-order valence-corrected chi connectivity index (χ2v) is 2.05. The van der Waals surface area contributed by atoms with E-state index in [1.165, 1.54) is 0 Å². The third-order valence-corrected chi connectivity index (χ3v) is 0.955. The summed E-state index contributed by atoms with van der Waals surface area (Å²) < 4.78 is 4.54.